The van der Waals surface area contributed by atoms with Gasteiger partial charge in [0, 0.05) is 47.4 Å². The predicted octanol–water partition coefficient (Wildman–Crippen LogP) is 4.79. The maximum atomic E-state index is 13.4. The van der Waals surface area contributed by atoms with Gasteiger partial charge in [-0.3, -0.25) is 9.59 Å². The maximum absolute atomic E-state index is 13.4. The molecule has 0 saturated carbocycles. The molecule has 0 atom stereocenters. The van der Waals surface area contributed by atoms with Gasteiger partial charge in [0.15, 0.2) is 0 Å². The van der Waals surface area contributed by atoms with Crippen molar-refractivity contribution in [1.82, 2.24) is 9.80 Å². The number of nitrogens with zero attached hydrogens (tertiary/aromatic N) is 2. The average molecular weight is 454 g/mol. The van der Waals surface area contributed by atoms with Crippen LogP contribution in [0.4, 0.5) is 0 Å². The van der Waals surface area contributed by atoms with Crippen LogP contribution in [0.25, 0.3) is 11.1 Å². The van der Waals surface area contributed by atoms with Crippen molar-refractivity contribution in [2.75, 3.05) is 33.3 Å². The summed E-state index contributed by atoms with van der Waals surface area (Å²) >= 11 is 19.1. The Morgan fingerprint density at radius 2 is 1.66 bits per heavy atom. The summed E-state index contributed by atoms with van der Waals surface area (Å²) in [5.41, 5.74) is 1.42. The first-order chi connectivity index (χ1) is 13.8. The molecule has 29 heavy (non-hydrogen) atoms. The molecule has 0 N–H and O–H groups in total. The van der Waals surface area contributed by atoms with E-state index in [4.69, 9.17) is 39.5 Å². The molecule has 0 bridgehead atoms. The van der Waals surface area contributed by atoms with E-state index in [1.54, 1.807) is 40.1 Å². The Kier molecular flexibility index (Phi) is 6.73. The zero-order chi connectivity index (χ0) is 21.1. The number of carbonyl (C=O) groups is 2. The van der Waals surface area contributed by atoms with Gasteiger partial charge in [0.2, 0.25) is 5.91 Å². The summed E-state index contributed by atoms with van der Waals surface area (Å²) in [4.78, 5) is 28.5. The summed E-state index contributed by atoms with van der Waals surface area (Å²) in [5, 5.41) is 1.24. The van der Waals surface area contributed by atoms with E-state index in [-0.39, 0.29) is 11.8 Å². The molecule has 1 heterocycles. The number of halogens is 3. The van der Waals surface area contributed by atoms with Crippen LogP contribution < -0.4 is 4.74 Å². The highest BCUT2D eigenvalue weighted by molar-refractivity contribution is 6.38. The van der Waals surface area contributed by atoms with Gasteiger partial charge in [-0.1, -0.05) is 41.4 Å². The quantitative estimate of drug-likeness (QED) is 0.625. The Bertz CT molecular complexity index is 970. The lowest BCUT2D eigenvalue weighted by Gasteiger charge is -2.34. The number of piperazine rings is 1. The predicted molar refractivity (Wildman–Crippen MR) is 116 cm³/mol. The minimum Gasteiger partial charge on any atom is -0.497 e. The van der Waals surface area contributed by atoms with Crippen LogP contribution >= 0.6 is 34.8 Å². The van der Waals surface area contributed by atoms with Gasteiger partial charge in [0.05, 0.1) is 17.7 Å². The molecule has 0 radical (unpaired) electrons. The van der Waals surface area contributed by atoms with Crippen molar-refractivity contribution in [3.05, 3.63) is 63.6 Å². The topological polar surface area (TPSA) is 49.9 Å². The lowest BCUT2D eigenvalue weighted by molar-refractivity contribution is -0.127. The van der Waals surface area contributed by atoms with Crippen molar-refractivity contribution in [3.8, 4) is 16.9 Å². The number of hydrogen-bond donors (Lipinski definition) is 0. The first-order valence-electron chi connectivity index (χ1n) is 8.89. The van der Waals surface area contributed by atoms with E-state index in [1.807, 2.05) is 0 Å². The number of methoxy groups -OCH3 is 1. The van der Waals surface area contributed by atoms with Crippen LogP contribution in [0.1, 0.15) is 10.4 Å². The third kappa shape index (κ3) is 4.53. The van der Waals surface area contributed by atoms with E-state index < -0.39 is 0 Å². The summed E-state index contributed by atoms with van der Waals surface area (Å²) in [6, 6.07) is 8.28. The molecule has 0 aromatic heterocycles. The number of benzene rings is 2. The summed E-state index contributed by atoms with van der Waals surface area (Å²) in [6.07, 6.45) is 1.28. The molecule has 1 saturated heterocycles. The van der Waals surface area contributed by atoms with Gasteiger partial charge in [-0.25, -0.2) is 0 Å². The van der Waals surface area contributed by atoms with Crippen LogP contribution in [-0.2, 0) is 4.79 Å². The van der Waals surface area contributed by atoms with Crippen LogP contribution in [-0.4, -0.2) is 54.9 Å². The molecular weight excluding hydrogens is 435 g/mol. The van der Waals surface area contributed by atoms with E-state index >= 15 is 0 Å². The monoisotopic (exact) mass is 452 g/mol. The zero-order valence-electron chi connectivity index (χ0n) is 15.8. The molecule has 2 aromatic carbocycles. The van der Waals surface area contributed by atoms with Gasteiger partial charge in [0.25, 0.3) is 5.91 Å². The van der Waals surface area contributed by atoms with Gasteiger partial charge in [0.1, 0.15) is 5.75 Å². The van der Waals surface area contributed by atoms with Crippen molar-refractivity contribution in [2.45, 2.75) is 0 Å². The normalized spacial score (nSPS) is 13.9. The van der Waals surface area contributed by atoms with E-state index in [9.17, 15) is 9.59 Å². The van der Waals surface area contributed by atoms with Crippen molar-refractivity contribution >= 4 is 46.6 Å². The maximum Gasteiger partial charge on any atom is 0.254 e. The van der Waals surface area contributed by atoms with Crippen molar-refractivity contribution in [3.63, 3.8) is 0 Å². The second-order valence-corrected chi connectivity index (χ2v) is 7.73. The van der Waals surface area contributed by atoms with E-state index in [1.165, 1.54) is 13.2 Å². The minimum atomic E-state index is -0.220. The fourth-order valence-electron chi connectivity index (χ4n) is 3.26. The molecule has 1 fully saturated rings. The Hall–Kier alpha value is -2.21. The molecule has 2 amide bonds. The van der Waals surface area contributed by atoms with Crippen LogP contribution in [0.2, 0.25) is 15.1 Å². The molecule has 0 aliphatic carbocycles. The molecule has 1 aliphatic rings. The third-order valence-corrected chi connectivity index (χ3v) is 5.64. The summed E-state index contributed by atoms with van der Waals surface area (Å²) in [6.45, 7) is 5.16. The molecule has 0 spiro atoms. The smallest absolute Gasteiger partial charge is 0.254 e. The lowest BCUT2D eigenvalue weighted by atomic mass is 9.97. The fraction of sp³-hybridized carbons (Fsp3) is 0.238. The molecule has 152 valence electrons. The first-order valence-corrected chi connectivity index (χ1v) is 10.0. The first kappa shape index (κ1) is 21.5. The highest BCUT2D eigenvalue weighted by Gasteiger charge is 2.27. The molecule has 8 heteroatoms. The number of amides is 2. The standard InChI is InChI=1S/C21H19Cl3N2O3/c1-3-19(27)25-6-8-26(9-7-25)21(28)16-11-14(29-2)12-18(24)20(16)15-10-13(22)4-5-17(15)23/h3-5,10-12H,1,6-9H2,2H3. The van der Waals surface area contributed by atoms with Crippen LogP contribution in [0.3, 0.4) is 0 Å². The van der Waals surface area contributed by atoms with Gasteiger partial charge in [-0.2, -0.15) is 0 Å². The second-order valence-electron chi connectivity index (χ2n) is 6.48. The van der Waals surface area contributed by atoms with E-state index in [0.29, 0.717) is 63.7 Å². The van der Waals surface area contributed by atoms with Crippen LogP contribution in [0, 0.1) is 0 Å². The Morgan fingerprint density at radius 1 is 1.00 bits per heavy atom. The van der Waals surface area contributed by atoms with Gasteiger partial charge < -0.3 is 14.5 Å². The number of ether oxygens (including phenoxy) is 1. The van der Waals surface area contributed by atoms with E-state index in [0.717, 1.165) is 0 Å². The lowest BCUT2D eigenvalue weighted by Crippen LogP contribution is -2.50. The van der Waals surface area contributed by atoms with Crippen molar-refractivity contribution in [1.29, 1.82) is 0 Å². The molecule has 2 aromatic rings. The zero-order valence-corrected chi connectivity index (χ0v) is 18.0. The molecule has 3 rings (SSSR count). The average Bonchev–Trinajstić information content (AvgIpc) is 2.74. The van der Waals surface area contributed by atoms with Gasteiger partial charge in [-0.05, 0) is 36.4 Å². The summed E-state index contributed by atoms with van der Waals surface area (Å²) in [7, 11) is 1.51. The van der Waals surface area contributed by atoms with Crippen molar-refractivity contribution in [2.24, 2.45) is 0 Å². The molecule has 1 aliphatic heterocycles. The highest BCUT2D eigenvalue weighted by Crippen LogP contribution is 2.40. The molecule has 5 nitrogen and oxygen atoms in total. The van der Waals surface area contributed by atoms with Gasteiger partial charge in [-0.15, -0.1) is 0 Å². The number of carbonyl (C=O) groups excluding carboxylic acids is 2. The Balaban J connectivity index is 2.01. The third-order valence-electron chi connectivity index (χ3n) is 4.78. The largest absolute Gasteiger partial charge is 0.497 e. The van der Waals surface area contributed by atoms with Crippen LogP contribution in [0.15, 0.2) is 43.0 Å². The summed E-state index contributed by atoms with van der Waals surface area (Å²) < 4.78 is 5.30. The number of rotatable bonds is 4. The second kappa shape index (κ2) is 9.08. The SMILES string of the molecule is C=CC(=O)N1CCN(C(=O)c2cc(OC)cc(Cl)c2-c2cc(Cl)ccc2Cl)CC1. The van der Waals surface area contributed by atoms with E-state index in [2.05, 4.69) is 6.58 Å². The molecular formula is C21H19Cl3N2O3. The Morgan fingerprint density at radius 3 is 2.28 bits per heavy atom. The number of hydrogen-bond acceptors (Lipinski definition) is 3. The van der Waals surface area contributed by atoms with Crippen molar-refractivity contribution < 1.29 is 14.3 Å². The fourth-order valence-corrected chi connectivity index (χ4v) is 3.96. The minimum absolute atomic E-state index is 0.145. The van der Waals surface area contributed by atoms with Crippen LogP contribution in [0.5, 0.6) is 5.75 Å². The summed E-state index contributed by atoms with van der Waals surface area (Å²) in [5.74, 6) is 0.0937. The van der Waals surface area contributed by atoms with Gasteiger partial charge >= 0.3 is 0 Å². The molecule has 0 unspecified atom stereocenters. The highest BCUT2D eigenvalue weighted by atomic mass is 35.5. The Labute approximate surface area is 184 Å².